The lowest BCUT2D eigenvalue weighted by atomic mass is 10.3. The Bertz CT molecular complexity index is 781. The molecule has 0 aliphatic rings. The van der Waals surface area contributed by atoms with Gasteiger partial charge < -0.3 is 14.6 Å². The molecule has 1 atom stereocenters. The number of methoxy groups -OCH3 is 1. The molecule has 3 rings (SSSR count). The van der Waals surface area contributed by atoms with Crippen molar-refractivity contribution < 1.29 is 19.1 Å². The van der Waals surface area contributed by atoms with Crippen LogP contribution in [0.4, 0.5) is 0 Å². The second kappa shape index (κ2) is 6.71. The Morgan fingerprint density at radius 1 is 1.09 bits per heavy atom. The van der Waals surface area contributed by atoms with Gasteiger partial charge in [0.05, 0.1) is 14.2 Å². The molecule has 0 amide bonds. The van der Waals surface area contributed by atoms with Crippen LogP contribution in [0.3, 0.4) is 0 Å². The lowest BCUT2D eigenvalue weighted by molar-refractivity contribution is -0.645. The van der Waals surface area contributed by atoms with Crippen LogP contribution < -0.4 is 14.0 Å². The molecule has 0 fully saturated rings. The number of imidazole rings is 1. The minimum atomic E-state index is -0.590. The van der Waals surface area contributed by atoms with Gasteiger partial charge in [0, 0.05) is 0 Å². The summed E-state index contributed by atoms with van der Waals surface area (Å²) in [5.74, 6) is 1.50. The minimum Gasteiger partial charge on any atom is -0.497 e. The average molecular weight is 313 g/mol. The molecule has 0 saturated carbocycles. The molecule has 5 nitrogen and oxygen atoms in total. The molecule has 0 aliphatic carbocycles. The minimum absolute atomic E-state index is 0.239. The average Bonchev–Trinajstić information content (AvgIpc) is 2.90. The van der Waals surface area contributed by atoms with Crippen molar-refractivity contribution in [3.63, 3.8) is 0 Å². The Morgan fingerprint density at radius 2 is 1.78 bits per heavy atom. The van der Waals surface area contributed by atoms with Crippen molar-refractivity contribution in [2.24, 2.45) is 7.05 Å². The van der Waals surface area contributed by atoms with E-state index in [0.717, 1.165) is 16.8 Å². The summed E-state index contributed by atoms with van der Waals surface area (Å²) in [6.45, 7) is 0.722. The standard InChI is InChI=1S/C18H21N2O3/c1-19-13-20(18-6-4-3-5-17(18)19)11-14(21)12-23-16-9-7-15(22-2)8-10-16/h3-10,13-14,21H,11-12H2,1-2H3/q+1. The molecule has 5 heteroatoms. The van der Waals surface area contributed by atoms with Crippen LogP contribution in [-0.4, -0.2) is 29.5 Å². The first-order valence-corrected chi connectivity index (χ1v) is 7.56. The predicted molar refractivity (Wildman–Crippen MR) is 87.6 cm³/mol. The van der Waals surface area contributed by atoms with E-state index < -0.39 is 6.10 Å². The number of ether oxygens (including phenoxy) is 2. The summed E-state index contributed by atoms with van der Waals surface area (Å²) in [5.41, 5.74) is 2.23. The number of fused-ring (bicyclic) bond motifs is 1. The van der Waals surface area contributed by atoms with Gasteiger partial charge in [-0.25, -0.2) is 9.13 Å². The number of benzene rings is 2. The number of hydrogen-bond acceptors (Lipinski definition) is 3. The number of aromatic nitrogens is 2. The number of aliphatic hydroxyl groups is 1. The van der Waals surface area contributed by atoms with Crippen LogP contribution in [0.15, 0.2) is 54.9 Å². The maximum atomic E-state index is 10.3. The van der Waals surface area contributed by atoms with Gasteiger partial charge in [0.1, 0.15) is 30.8 Å². The zero-order valence-electron chi connectivity index (χ0n) is 13.3. The van der Waals surface area contributed by atoms with E-state index in [4.69, 9.17) is 9.47 Å². The van der Waals surface area contributed by atoms with Gasteiger partial charge in [-0.05, 0) is 36.4 Å². The van der Waals surface area contributed by atoms with Crippen LogP contribution in [0.1, 0.15) is 0 Å². The topological polar surface area (TPSA) is 47.5 Å². The first kappa shape index (κ1) is 15.4. The van der Waals surface area contributed by atoms with Crippen LogP contribution in [0.5, 0.6) is 11.5 Å². The third-order valence-electron chi connectivity index (χ3n) is 3.79. The molecule has 1 unspecified atom stereocenters. The first-order chi connectivity index (χ1) is 11.2. The SMILES string of the molecule is COc1ccc(OCC(O)Cn2c[n+](C)c3ccccc32)cc1. The lowest BCUT2D eigenvalue weighted by Gasteiger charge is -2.11. The highest BCUT2D eigenvalue weighted by Gasteiger charge is 2.16. The monoisotopic (exact) mass is 313 g/mol. The molecule has 1 heterocycles. The van der Waals surface area contributed by atoms with Crippen LogP contribution >= 0.6 is 0 Å². The second-order valence-corrected chi connectivity index (χ2v) is 5.51. The zero-order valence-corrected chi connectivity index (χ0v) is 13.3. The molecule has 2 aromatic carbocycles. The van der Waals surface area contributed by atoms with E-state index in [-0.39, 0.29) is 6.61 Å². The summed E-state index contributed by atoms with van der Waals surface area (Å²) in [4.78, 5) is 0. The van der Waals surface area contributed by atoms with Crippen LogP contribution in [0, 0.1) is 0 Å². The Kier molecular flexibility index (Phi) is 4.48. The van der Waals surface area contributed by atoms with Gasteiger partial charge in [0.25, 0.3) is 0 Å². The number of para-hydroxylation sites is 2. The van der Waals surface area contributed by atoms with Gasteiger partial charge in [0.15, 0.2) is 11.0 Å². The van der Waals surface area contributed by atoms with Crippen LogP contribution in [0.2, 0.25) is 0 Å². The molecule has 0 saturated heterocycles. The van der Waals surface area contributed by atoms with Crippen molar-refractivity contribution in [2.75, 3.05) is 13.7 Å². The molecule has 0 bridgehead atoms. The highest BCUT2D eigenvalue weighted by Crippen LogP contribution is 2.17. The molecule has 0 aliphatic heterocycles. The third-order valence-corrected chi connectivity index (χ3v) is 3.79. The summed E-state index contributed by atoms with van der Waals surface area (Å²) in [5, 5.41) is 10.3. The van der Waals surface area contributed by atoms with Gasteiger partial charge in [-0.3, -0.25) is 0 Å². The van der Waals surface area contributed by atoms with E-state index in [1.165, 1.54) is 0 Å². The summed E-state index contributed by atoms with van der Waals surface area (Å²) in [7, 11) is 3.63. The number of aryl methyl sites for hydroxylation is 1. The Labute approximate surface area is 135 Å². The number of hydrogen-bond donors (Lipinski definition) is 1. The molecule has 0 spiro atoms. The molecule has 0 radical (unpaired) electrons. The van der Waals surface area contributed by atoms with E-state index in [1.807, 2.05) is 65.0 Å². The molecule has 1 aromatic heterocycles. The Balaban J connectivity index is 1.63. The summed E-state index contributed by atoms with van der Waals surface area (Å²) in [6.07, 6.45) is 1.40. The fourth-order valence-corrected chi connectivity index (χ4v) is 2.63. The molecule has 1 N–H and O–H groups in total. The van der Waals surface area contributed by atoms with Gasteiger partial charge in [-0.15, -0.1) is 0 Å². The highest BCUT2D eigenvalue weighted by molar-refractivity contribution is 5.71. The van der Waals surface area contributed by atoms with Crippen molar-refractivity contribution in [2.45, 2.75) is 12.6 Å². The fourth-order valence-electron chi connectivity index (χ4n) is 2.63. The first-order valence-electron chi connectivity index (χ1n) is 7.56. The van der Waals surface area contributed by atoms with Gasteiger partial charge in [-0.2, -0.15) is 0 Å². The van der Waals surface area contributed by atoms with Crippen molar-refractivity contribution in [3.05, 3.63) is 54.9 Å². The van der Waals surface area contributed by atoms with Gasteiger partial charge in [0.2, 0.25) is 6.33 Å². The van der Waals surface area contributed by atoms with Crippen molar-refractivity contribution >= 4 is 11.0 Å². The molecule has 3 aromatic rings. The summed E-state index contributed by atoms with van der Waals surface area (Å²) >= 11 is 0. The third kappa shape index (κ3) is 3.46. The lowest BCUT2D eigenvalue weighted by Crippen LogP contribution is -2.27. The number of rotatable bonds is 6. The fraction of sp³-hybridized carbons (Fsp3) is 0.278. The van der Waals surface area contributed by atoms with Gasteiger partial charge >= 0.3 is 0 Å². The van der Waals surface area contributed by atoms with Crippen LogP contribution in [0.25, 0.3) is 11.0 Å². The van der Waals surface area contributed by atoms with Crippen LogP contribution in [-0.2, 0) is 13.6 Å². The predicted octanol–water partition coefficient (Wildman–Crippen LogP) is 1.91. The van der Waals surface area contributed by atoms with Crippen molar-refractivity contribution in [3.8, 4) is 11.5 Å². The highest BCUT2D eigenvalue weighted by atomic mass is 16.5. The number of aliphatic hydroxyl groups excluding tert-OH is 1. The van der Waals surface area contributed by atoms with Gasteiger partial charge in [-0.1, -0.05) is 12.1 Å². The van der Waals surface area contributed by atoms with E-state index in [9.17, 15) is 5.11 Å². The molecule has 23 heavy (non-hydrogen) atoms. The summed E-state index contributed by atoms with van der Waals surface area (Å²) in [6, 6.07) is 15.4. The number of nitrogens with zero attached hydrogens (tertiary/aromatic N) is 2. The molecular formula is C18H21N2O3+. The maximum Gasteiger partial charge on any atom is 0.244 e. The molecule has 120 valence electrons. The zero-order chi connectivity index (χ0) is 16.2. The quantitative estimate of drug-likeness (QED) is 0.707. The Hall–Kier alpha value is -2.53. The summed E-state index contributed by atoms with van der Waals surface area (Å²) < 4.78 is 14.8. The molecular weight excluding hydrogens is 292 g/mol. The largest absolute Gasteiger partial charge is 0.497 e. The Morgan fingerprint density at radius 3 is 2.52 bits per heavy atom. The van der Waals surface area contributed by atoms with E-state index in [2.05, 4.69) is 6.07 Å². The van der Waals surface area contributed by atoms with E-state index in [1.54, 1.807) is 7.11 Å². The smallest absolute Gasteiger partial charge is 0.244 e. The maximum absolute atomic E-state index is 10.3. The van der Waals surface area contributed by atoms with E-state index in [0.29, 0.717) is 12.3 Å². The normalized spacial score (nSPS) is 12.3. The van der Waals surface area contributed by atoms with E-state index >= 15 is 0 Å². The van der Waals surface area contributed by atoms with Crippen molar-refractivity contribution in [1.82, 2.24) is 4.57 Å². The van der Waals surface area contributed by atoms with Crippen molar-refractivity contribution in [1.29, 1.82) is 0 Å². The second-order valence-electron chi connectivity index (χ2n) is 5.51.